The minimum Gasteiger partial charge on any atom is -0.319 e. The number of anilines is 1. The number of nitro groups is 1. The summed E-state index contributed by atoms with van der Waals surface area (Å²) >= 11 is 0. The number of alkyl halides is 3. The van der Waals surface area contributed by atoms with E-state index >= 15 is 0 Å². The van der Waals surface area contributed by atoms with Gasteiger partial charge in [-0.1, -0.05) is 24.3 Å². The minimum atomic E-state index is -4.44. The molecule has 38 heavy (non-hydrogen) atoms. The number of benzene rings is 2. The standard InChI is InChI=1S/C26H25F3N6O3/c1-15-23(17(3)33(31-15)14-20-8-6-10-22(12-20)26(27,28)29)30-25(36)21-9-5-7-19(11-21)13-34-18(4)24(35(37)38)16(2)32-34/h5-12H,13-14H2,1-4H3,(H,30,36). The summed E-state index contributed by atoms with van der Waals surface area (Å²) in [7, 11) is 0. The van der Waals surface area contributed by atoms with Crippen LogP contribution in [0, 0.1) is 37.8 Å². The highest BCUT2D eigenvalue weighted by molar-refractivity contribution is 6.05. The smallest absolute Gasteiger partial charge is 0.319 e. The zero-order chi connectivity index (χ0) is 27.8. The summed E-state index contributed by atoms with van der Waals surface area (Å²) in [6, 6.07) is 11.9. The predicted molar refractivity (Wildman–Crippen MR) is 134 cm³/mol. The fourth-order valence-electron chi connectivity index (χ4n) is 4.33. The molecule has 0 aliphatic carbocycles. The molecule has 4 rings (SSSR count). The molecule has 198 valence electrons. The van der Waals surface area contributed by atoms with Gasteiger partial charge in [0.25, 0.3) is 5.91 Å². The molecule has 0 atom stereocenters. The van der Waals surface area contributed by atoms with Crippen molar-refractivity contribution in [2.75, 3.05) is 5.32 Å². The second-order valence-corrected chi connectivity index (χ2v) is 8.99. The van der Waals surface area contributed by atoms with Crippen LogP contribution in [0.25, 0.3) is 0 Å². The monoisotopic (exact) mass is 526 g/mol. The molecule has 1 N–H and O–H groups in total. The summed E-state index contributed by atoms with van der Waals surface area (Å²) in [6.45, 7) is 6.98. The lowest BCUT2D eigenvalue weighted by Gasteiger charge is -2.11. The second-order valence-electron chi connectivity index (χ2n) is 8.99. The van der Waals surface area contributed by atoms with Gasteiger partial charge in [0.1, 0.15) is 11.4 Å². The van der Waals surface area contributed by atoms with Crippen molar-refractivity contribution in [3.63, 3.8) is 0 Å². The average Bonchev–Trinajstić information content (AvgIpc) is 3.27. The first-order valence-electron chi connectivity index (χ1n) is 11.6. The Bertz CT molecular complexity index is 1540. The molecular formula is C26H25F3N6O3. The van der Waals surface area contributed by atoms with Crippen LogP contribution < -0.4 is 5.32 Å². The van der Waals surface area contributed by atoms with E-state index in [4.69, 9.17) is 0 Å². The Labute approximate surface area is 216 Å². The molecule has 0 aliphatic rings. The molecule has 0 bridgehead atoms. The zero-order valence-corrected chi connectivity index (χ0v) is 21.1. The lowest BCUT2D eigenvalue weighted by atomic mass is 10.1. The van der Waals surface area contributed by atoms with Crippen molar-refractivity contribution in [3.05, 3.63) is 104 Å². The number of carbonyl (C=O) groups is 1. The molecule has 0 saturated heterocycles. The van der Waals surface area contributed by atoms with Crippen molar-refractivity contribution in [2.24, 2.45) is 0 Å². The molecule has 2 aromatic heterocycles. The molecule has 0 saturated carbocycles. The van der Waals surface area contributed by atoms with Gasteiger partial charge in [-0.05, 0) is 63.1 Å². The van der Waals surface area contributed by atoms with Gasteiger partial charge in [0, 0.05) is 5.56 Å². The Morgan fingerprint density at radius 3 is 2.11 bits per heavy atom. The lowest BCUT2D eigenvalue weighted by Crippen LogP contribution is -2.14. The Hall–Kier alpha value is -4.48. The third kappa shape index (κ3) is 5.43. The van der Waals surface area contributed by atoms with Crippen molar-refractivity contribution in [1.29, 1.82) is 0 Å². The SMILES string of the molecule is Cc1nn(Cc2cccc(C(F)(F)F)c2)c(C)c1NC(=O)c1cccc(Cn2nc(C)c([N+](=O)[O-])c2C)c1. The number of nitrogens with one attached hydrogen (secondary N) is 1. The number of amides is 1. The normalized spacial score (nSPS) is 11.6. The predicted octanol–water partition coefficient (Wildman–Crippen LogP) is 5.59. The Kier molecular flexibility index (Phi) is 7.07. The maximum atomic E-state index is 13.1. The Morgan fingerprint density at radius 2 is 1.50 bits per heavy atom. The molecule has 0 radical (unpaired) electrons. The summed E-state index contributed by atoms with van der Waals surface area (Å²) in [5.41, 5.74) is 3.08. The average molecular weight is 527 g/mol. The number of carbonyl (C=O) groups excluding carboxylic acids is 1. The lowest BCUT2D eigenvalue weighted by molar-refractivity contribution is -0.386. The third-order valence-corrected chi connectivity index (χ3v) is 6.25. The van der Waals surface area contributed by atoms with Gasteiger partial charge in [-0.15, -0.1) is 0 Å². The van der Waals surface area contributed by atoms with Crippen molar-refractivity contribution in [1.82, 2.24) is 19.6 Å². The van der Waals surface area contributed by atoms with E-state index in [0.717, 1.165) is 17.7 Å². The van der Waals surface area contributed by atoms with Gasteiger partial charge < -0.3 is 5.32 Å². The van der Waals surface area contributed by atoms with E-state index in [9.17, 15) is 28.1 Å². The maximum Gasteiger partial charge on any atom is 0.416 e. The van der Waals surface area contributed by atoms with Gasteiger partial charge in [-0.3, -0.25) is 24.3 Å². The van der Waals surface area contributed by atoms with E-state index in [-0.39, 0.29) is 18.8 Å². The number of aromatic nitrogens is 4. The van der Waals surface area contributed by atoms with Crippen LogP contribution >= 0.6 is 0 Å². The summed E-state index contributed by atoms with van der Waals surface area (Å²) in [4.78, 5) is 23.9. The molecule has 12 heteroatoms. The van der Waals surface area contributed by atoms with Crippen LogP contribution in [0.1, 0.15) is 49.8 Å². The van der Waals surface area contributed by atoms with Gasteiger partial charge >= 0.3 is 11.9 Å². The molecular weight excluding hydrogens is 501 g/mol. The molecule has 1 amide bonds. The van der Waals surface area contributed by atoms with Crippen molar-refractivity contribution < 1.29 is 22.9 Å². The first-order chi connectivity index (χ1) is 17.8. The number of hydrogen-bond donors (Lipinski definition) is 1. The van der Waals surface area contributed by atoms with Crippen molar-refractivity contribution in [3.8, 4) is 0 Å². The summed E-state index contributed by atoms with van der Waals surface area (Å²) in [5, 5.41) is 22.8. The maximum absolute atomic E-state index is 13.1. The van der Waals surface area contributed by atoms with Gasteiger partial charge in [-0.25, -0.2) is 0 Å². The van der Waals surface area contributed by atoms with Crippen LogP contribution in [0.5, 0.6) is 0 Å². The fourth-order valence-corrected chi connectivity index (χ4v) is 4.33. The molecule has 4 aromatic rings. The topological polar surface area (TPSA) is 108 Å². The first-order valence-corrected chi connectivity index (χ1v) is 11.6. The molecule has 0 spiro atoms. The van der Waals surface area contributed by atoms with Gasteiger partial charge in [-0.2, -0.15) is 23.4 Å². The van der Waals surface area contributed by atoms with Gasteiger partial charge in [0.05, 0.1) is 40.7 Å². The Morgan fingerprint density at radius 1 is 0.921 bits per heavy atom. The van der Waals surface area contributed by atoms with E-state index in [1.54, 1.807) is 62.7 Å². The van der Waals surface area contributed by atoms with Crippen LogP contribution in [-0.4, -0.2) is 30.4 Å². The Balaban J connectivity index is 1.52. The molecule has 0 unspecified atom stereocenters. The summed E-state index contributed by atoms with van der Waals surface area (Å²) in [5.74, 6) is -0.393. The number of halogens is 3. The number of nitrogens with zero attached hydrogens (tertiary/aromatic N) is 5. The second kappa shape index (κ2) is 10.1. The van der Waals surface area contributed by atoms with Gasteiger partial charge in [0.2, 0.25) is 0 Å². The minimum absolute atomic E-state index is 0.0352. The highest BCUT2D eigenvalue weighted by Gasteiger charge is 2.30. The zero-order valence-electron chi connectivity index (χ0n) is 21.1. The van der Waals surface area contributed by atoms with E-state index in [0.29, 0.717) is 39.6 Å². The van der Waals surface area contributed by atoms with E-state index in [2.05, 4.69) is 15.5 Å². The van der Waals surface area contributed by atoms with E-state index in [1.165, 1.54) is 10.7 Å². The molecule has 2 heterocycles. The molecule has 0 fully saturated rings. The van der Waals surface area contributed by atoms with Gasteiger partial charge in [0.15, 0.2) is 0 Å². The van der Waals surface area contributed by atoms with Crippen LogP contribution in [0.3, 0.4) is 0 Å². The highest BCUT2D eigenvalue weighted by atomic mass is 19.4. The molecule has 9 nitrogen and oxygen atoms in total. The largest absolute Gasteiger partial charge is 0.416 e. The van der Waals surface area contributed by atoms with E-state index in [1.807, 2.05) is 0 Å². The van der Waals surface area contributed by atoms with Crippen LogP contribution in [0.2, 0.25) is 0 Å². The fraction of sp³-hybridized carbons (Fsp3) is 0.269. The quantitative estimate of drug-likeness (QED) is 0.250. The number of rotatable bonds is 7. The van der Waals surface area contributed by atoms with Crippen LogP contribution in [0.15, 0.2) is 48.5 Å². The van der Waals surface area contributed by atoms with Crippen LogP contribution in [0.4, 0.5) is 24.5 Å². The molecule has 0 aliphatic heterocycles. The molecule has 2 aromatic carbocycles. The third-order valence-electron chi connectivity index (χ3n) is 6.25. The highest BCUT2D eigenvalue weighted by Crippen LogP contribution is 2.30. The number of hydrogen-bond acceptors (Lipinski definition) is 5. The van der Waals surface area contributed by atoms with Crippen LogP contribution in [-0.2, 0) is 19.3 Å². The number of aryl methyl sites for hydroxylation is 2. The van der Waals surface area contributed by atoms with E-state index < -0.39 is 22.6 Å². The summed E-state index contributed by atoms with van der Waals surface area (Å²) in [6.07, 6.45) is -4.44. The summed E-state index contributed by atoms with van der Waals surface area (Å²) < 4.78 is 42.3. The van der Waals surface area contributed by atoms with Crippen molar-refractivity contribution >= 4 is 17.3 Å². The first kappa shape index (κ1) is 26.6. The van der Waals surface area contributed by atoms with Crippen molar-refractivity contribution in [2.45, 2.75) is 47.0 Å².